The van der Waals surface area contributed by atoms with Gasteiger partial charge in [-0.1, -0.05) is 51.0 Å². The summed E-state index contributed by atoms with van der Waals surface area (Å²) >= 11 is 0. The number of hydrogen-bond acceptors (Lipinski definition) is 8. The summed E-state index contributed by atoms with van der Waals surface area (Å²) in [6.45, 7) is 3.34. The predicted octanol–water partition coefficient (Wildman–Crippen LogP) is 5.28. The number of imide groups is 2. The van der Waals surface area contributed by atoms with Gasteiger partial charge in [-0.15, -0.1) is 0 Å². The maximum absolute atomic E-state index is 12.9. The maximum atomic E-state index is 12.9. The van der Waals surface area contributed by atoms with Crippen LogP contribution in [0.1, 0.15) is 113 Å². The molecule has 2 heterocycles. The third-order valence-electron chi connectivity index (χ3n) is 8.17. The number of nitrogens with zero attached hydrogens (tertiary/aromatic N) is 2. The van der Waals surface area contributed by atoms with Crippen molar-refractivity contribution in [2.45, 2.75) is 52.4 Å². The number of fused-ring (bicyclic) bond motifs is 2. The van der Waals surface area contributed by atoms with Crippen molar-refractivity contribution in [1.82, 2.24) is 9.80 Å². The van der Waals surface area contributed by atoms with E-state index in [4.69, 9.17) is 9.47 Å². The molecule has 0 fully saturated rings. The zero-order valence-corrected chi connectivity index (χ0v) is 26.0. The van der Waals surface area contributed by atoms with Crippen LogP contribution in [-0.4, -0.2) is 71.7 Å². The lowest BCUT2D eigenvalue weighted by atomic mass is 10.0. The van der Waals surface area contributed by atoms with Crippen molar-refractivity contribution in [2.24, 2.45) is 0 Å². The van der Waals surface area contributed by atoms with Crippen LogP contribution >= 0.6 is 0 Å². The van der Waals surface area contributed by atoms with Gasteiger partial charge in [0.2, 0.25) is 0 Å². The first-order valence-corrected chi connectivity index (χ1v) is 15.7. The molecule has 0 aliphatic carbocycles. The zero-order valence-electron chi connectivity index (χ0n) is 26.0. The van der Waals surface area contributed by atoms with Gasteiger partial charge in [0.25, 0.3) is 23.6 Å². The van der Waals surface area contributed by atoms with Gasteiger partial charge in [0.15, 0.2) is 0 Å². The first-order valence-electron chi connectivity index (χ1n) is 15.7. The fraction of sp³-hybridized carbons (Fsp3) is 0.333. The molecule has 5 rings (SSSR count). The summed E-state index contributed by atoms with van der Waals surface area (Å²) in [4.78, 5) is 79.5. The number of amides is 4. The first-order chi connectivity index (χ1) is 22.2. The van der Waals surface area contributed by atoms with E-state index in [-0.39, 0.29) is 37.4 Å². The number of ether oxygens (including phenoxy) is 2. The second kappa shape index (κ2) is 14.3. The smallest absolute Gasteiger partial charge is 0.339 e. The Labute approximate surface area is 267 Å². The standard InChI is InChI=1S/C36H36N2O8/c1-3-5-9-23-13-15-25-29(21-23)33(41)37(31(25)39)17-19-45-35(43)27-11-7-8-12-28(27)36(44)46-20-18-38-32(40)26-16-14-24(10-6-4-2)22-30(26)34(38)42/h7-8,11-16,21-22H,3-6,9-10,17-20H2,1-2H3. The monoisotopic (exact) mass is 624 g/mol. The van der Waals surface area contributed by atoms with Crippen LogP contribution in [0.2, 0.25) is 0 Å². The van der Waals surface area contributed by atoms with Gasteiger partial charge in [-0.25, -0.2) is 9.59 Å². The van der Waals surface area contributed by atoms with Gasteiger partial charge in [0.1, 0.15) is 13.2 Å². The third kappa shape index (κ3) is 6.61. The SMILES string of the molecule is CCCCc1ccc2c(c1)C(=O)N(CCOC(=O)c1ccccc1C(=O)OCCN1C(=O)c3ccc(CCCC)cc3C1=O)C2=O. The molecule has 0 unspecified atom stereocenters. The minimum atomic E-state index is -0.828. The van der Waals surface area contributed by atoms with Crippen LogP contribution < -0.4 is 0 Å². The van der Waals surface area contributed by atoms with Crippen molar-refractivity contribution in [2.75, 3.05) is 26.3 Å². The predicted molar refractivity (Wildman–Crippen MR) is 168 cm³/mol. The van der Waals surface area contributed by atoms with Gasteiger partial charge in [-0.2, -0.15) is 0 Å². The molecular formula is C36H36N2O8. The highest BCUT2D eigenvalue weighted by atomic mass is 16.5. The van der Waals surface area contributed by atoms with Gasteiger partial charge >= 0.3 is 11.9 Å². The van der Waals surface area contributed by atoms with E-state index in [0.29, 0.717) is 22.3 Å². The highest BCUT2D eigenvalue weighted by Gasteiger charge is 2.37. The summed E-state index contributed by atoms with van der Waals surface area (Å²) in [6, 6.07) is 16.4. The molecule has 3 aromatic rings. The average Bonchev–Trinajstić information content (AvgIpc) is 3.45. The summed E-state index contributed by atoms with van der Waals surface area (Å²) in [6.07, 6.45) is 5.60. The van der Waals surface area contributed by atoms with E-state index in [0.717, 1.165) is 59.5 Å². The van der Waals surface area contributed by atoms with Crippen molar-refractivity contribution in [3.05, 3.63) is 105 Å². The lowest BCUT2D eigenvalue weighted by molar-refractivity contribution is 0.0390. The molecule has 238 valence electrons. The molecule has 2 aliphatic heterocycles. The Morgan fingerprint density at radius 3 is 1.35 bits per heavy atom. The molecule has 4 amide bonds. The Bertz CT molecular complexity index is 1590. The number of unbranched alkanes of at least 4 members (excludes halogenated alkanes) is 2. The van der Waals surface area contributed by atoms with Crippen LogP contribution in [0.4, 0.5) is 0 Å². The van der Waals surface area contributed by atoms with Crippen molar-refractivity contribution in [3.63, 3.8) is 0 Å². The van der Waals surface area contributed by atoms with Gasteiger partial charge < -0.3 is 9.47 Å². The Hall–Kier alpha value is -5.12. The summed E-state index contributed by atoms with van der Waals surface area (Å²) in [5.74, 6) is -3.42. The van der Waals surface area contributed by atoms with Crippen molar-refractivity contribution in [1.29, 1.82) is 0 Å². The normalized spacial score (nSPS) is 13.7. The summed E-state index contributed by atoms with van der Waals surface area (Å²) in [5.41, 5.74) is 3.18. The number of carbonyl (C=O) groups excluding carboxylic acids is 6. The second-order valence-electron chi connectivity index (χ2n) is 11.3. The third-order valence-corrected chi connectivity index (χ3v) is 8.17. The van der Waals surface area contributed by atoms with Gasteiger partial charge in [-0.05, 0) is 73.2 Å². The van der Waals surface area contributed by atoms with E-state index in [1.165, 1.54) is 12.1 Å². The topological polar surface area (TPSA) is 127 Å². The minimum absolute atomic E-state index is 0.0595. The summed E-state index contributed by atoms with van der Waals surface area (Å²) in [7, 11) is 0. The molecule has 10 heteroatoms. The fourth-order valence-electron chi connectivity index (χ4n) is 5.61. The fourth-order valence-corrected chi connectivity index (χ4v) is 5.61. The summed E-state index contributed by atoms with van der Waals surface area (Å²) < 4.78 is 10.7. The van der Waals surface area contributed by atoms with Gasteiger partial charge in [0, 0.05) is 0 Å². The molecule has 0 aromatic heterocycles. The van der Waals surface area contributed by atoms with Crippen LogP contribution in [0.15, 0.2) is 60.7 Å². The Morgan fingerprint density at radius 1 is 0.565 bits per heavy atom. The Balaban J connectivity index is 1.14. The Kier molecular flexibility index (Phi) is 10.0. The molecule has 0 atom stereocenters. The largest absolute Gasteiger partial charge is 0.460 e. The van der Waals surface area contributed by atoms with E-state index in [9.17, 15) is 28.8 Å². The minimum Gasteiger partial charge on any atom is -0.460 e. The number of hydrogen-bond donors (Lipinski definition) is 0. The van der Waals surface area contributed by atoms with Gasteiger partial charge in [-0.3, -0.25) is 29.0 Å². The van der Waals surface area contributed by atoms with Crippen LogP contribution in [0.5, 0.6) is 0 Å². The Morgan fingerprint density at radius 2 is 0.957 bits per heavy atom. The molecule has 0 bridgehead atoms. The second-order valence-corrected chi connectivity index (χ2v) is 11.3. The highest BCUT2D eigenvalue weighted by Crippen LogP contribution is 2.26. The molecule has 0 radical (unpaired) electrons. The maximum Gasteiger partial charge on any atom is 0.339 e. The van der Waals surface area contributed by atoms with Crippen molar-refractivity contribution >= 4 is 35.6 Å². The van der Waals surface area contributed by atoms with E-state index in [1.807, 2.05) is 12.1 Å². The number of carbonyl (C=O) groups is 6. The highest BCUT2D eigenvalue weighted by molar-refractivity contribution is 6.22. The van der Waals surface area contributed by atoms with Gasteiger partial charge in [0.05, 0.1) is 46.5 Å². The molecule has 46 heavy (non-hydrogen) atoms. The zero-order chi connectivity index (χ0) is 32.8. The van der Waals surface area contributed by atoms with Crippen LogP contribution in [0, 0.1) is 0 Å². The lowest BCUT2D eigenvalue weighted by Crippen LogP contribution is -2.34. The van der Waals surface area contributed by atoms with E-state index in [2.05, 4.69) is 13.8 Å². The quantitative estimate of drug-likeness (QED) is 0.175. The molecule has 2 aliphatic rings. The van der Waals surface area contributed by atoms with Crippen LogP contribution in [0.3, 0.4) is 0 Å². The van der Waals surface area contributed by atoms with E-state index >= 15 is 0 Å². The molecule has 3 aromatic carbocycles. The number of rotatable bonds is 14. The first kappa shape index (κ1) is 32.3. The van der Waals surface area contributed by atoms with E-state index < -0.39 is 35.6 Å². The number of esters is 2. The number of benzene rings is 3. The van der Waals surface area contributed by atoms with Crippen molar-refractivity contribution < 1.29 is 38.2 Å². The molecule has 10 nitrogen and oxygen atoms in total. The molecular weight excluding hydrogens is 588 g/mol. The molecule has 0 saturated carbocycles. The van der Waals surface area contributed by atoms with E-state index in [1.54, 1.807) is 36.4 Å². The van der Waals surface area contributed by atoms with Crippen LogP contribution in [0.25, 0.3) is 0 Å². The van der Waals surface area contributed by atoms with Crippen LogP contribution in [-0.2, 0) is 22.3 Å². The molecule has 0 saturated heterocycles. The molecule has 0 spiro atoms. The average molecular weight is 625 g/mol. The lowest BCUT2D eigenvalue weighted by Gasteiger charge is -2.15. The summed E-state index contributed by atoms with van der Waals surface area (Å²) in [5, 5.41) is 0. The molecule has 0 N–H and O–H groups in total. The number of aryl methyl sites for hydroxylation is 2. The van der Waals surface area contributed by atoms with Crippen molar-refractivity contribution in [3.8, 4) is 0 Å².